The fourth-order valence-electron chi connectivity index (χ4n) is 3.02. The SMILES string of the molecule is CCC1CC(CN)(NCCC2CCC2)CCO1. The molecule has 3 heteroatoms. The van der Waals surface area contributed by atoms with Crippen molar-refractivity contribution in [2.24, 2.45) is 11.7 Å². The van der Waals surface area contributed by atoms with Crippen LogP contribution in [0.15, 0.2) is 0 Å². The van der Waals surface area contributed by atoms with E-state index in [9.17, 15) is 0 Å². The minimum Gasteiger partial charge on any atom is -0.378 e. The van der Waals surface area contributed by atoms with Crippen molar-refractivity contribution in [1.82, 2.24) is 5.32 Å². The Morgan fingerprint density at radius 1 is 1.41 bits per heavy atom. The van der Waals surface area contributed by atoms with E-state index in [1.807, 2.05) is 0 Å². The van der Waals surface area contributed by atoms with Crippen molar-refractivity contribution in [3.63, 3.8) is 0 Å². The topological polar surface area (TPSA) is 47.3 Å². The molecule has 0 aromatic heterocycles. The zero-order valence-electron chi connectivity index (χ0n) is 11.2. The van der Waals surface area contributed by atoms with Crippen LogP contribution in [0.3, 0.4) is 0 Å². The third-order valence-corrected chi connectivity index (χ3v) is 4.68. The standard InChI is InChI=1S/C14H28N2O/c1-2-13-10-14(11-15,7-9-17-13)16-8-6-12-4-3-5-12/h12-13,16H,2-11,15H2,1H3. The predicted octanol–water partition coefficient (Wildman–Crippen LogP) is 2.05. The van der Waals surface area contributed by atoms with Crippen molar-refractivity contribution >= 4 is 0 Å². The van der Waals surface area contributed by atoms with E-state index in [-0.39, 0.29) is 5.54 Å². The average molecular weight is 240 g/mol. The van der Waals surface area contributed by atoms with E-state index in [4.69, 9.17) is 10.5 Å². The van der Waals surface area contributed by atoms with Crippen molar-refractivity contribution in [1.29, 1.82) is 0 Å². The molecular formula is C14H28N2O. The molecule has 0 spiro atoms. The summed E-state index contributed by atoms with van der Waals surface area (Å²) in [4.78, 5) is 0. The monoisotopic (exact) mass is 240 g/mol. The van der Waals surface area contributed by atoms with E-state index in [1.165, 1.54) is 25.7 Å². The molecule has 100 valence electrons. The van der Waals surface area contributed by atoms with E-state index >= 15 is 0 Å². The van der Waals surface area contributed by atoms with Gasteiger partial charge >= 0.3 is 0 Å². The lowest BCUT2D eigenvalue weighted by molar-refractivity contribution is -0.0283. The first kappa shape index (κ1) is 13.3. The molecule has 0 radical (unpaired) electrons. The van der Waals surface area contributed by atoms with Gasteiger partial charge < -0.3 is 15.8 Å². The fourth-order valence-corrected chi connectivity index (χ4v) is 3.02. The van der Waals surface area contributed by atoms with E-state index in [0.717, 1.165) is 44.9 Å². The third kappa shape index (κ3) is 3.43. The largest absolute Gasteiger partial charge is 0.378 e. The molecule has 2 aliphatic rings. The van der Waals surface area contributed by atoms with Crippen molar-refractivity contribution in [2.45, 2.75) is 63.5 Å². The average Bonchev–Trinajstić information content (AvgIpc) is 2.32. The Hall–Kier alpha value is -0.120. The molecule has 2 atom stereocenters. The number of hydrogen-bond donors (Lipinski definition) is 2. The van der Waals surface area contributed by atoms with Crippen LogP contribution >= 0.6 is 0 Å². The Bertz CT molecular complexity index is 230. The third-order valence-electron chi connectivity index (χ3n) is 4.68. The van der Waals surface area contributed by atoms with Crippen LogP contribution in [0.25, 0.3) is 0 Å². The Morgan fingerprint density at radius 2 is 2.24 bits per heavy atom. The molecule has 17 heavy (non-hydrogen) atoms. The van der Waals surface area contributed by atoms with Gasteiger partial charge in [0.15, 0.2) is 0 Å². The van der Waals surface area contributed by atoms with Gasteiger partial charge in [-0.25, -0.2) is 0 Å². The lowest BCUT2D eigenvalue weighted by atomic mass is 9.82. The predicted molar refractivity (Wildman–Crippen MR) is 71.0 cm³/mol. The summed E-state index contributed by atoms with van der Waals surface area (Å²) in [5.41, 5.74) is 6.16. The van der Waals surface area contributed by atoms with Crippen molar-refractivity contribution in [3.05, 3.63) is 0 Å². The summed E-state index contributed by atoms with van der Waals surface area (Å²) in [7, 11) is 0. The maximum Gasteiger partial charge on any atom is 0.0590 e. The van der Waals surface area contributed by atoms with Crippen LogP contribution in [0.4, 0.5) is 0 Å². The van der Waals surface area contributed by atoms with E-state index in [2.05, 4.69) is 12.2 Å². The van der Waals surface area contributed by atoms with Gasteiger partial charge in [0.05, 0.1) is 6.10 Å². The molecule has 2 fully saturated rings. The van der Waals surface area contributed by atoms with E-state index < -0.39 is 0 Å². The van der Waals surface area contributed by atoms with Gasteiger partial charge in [0.25, 0.3) is 0 Å². The summed E-state index contributed by atoms with van der Waals surface area (Å²) in [6, 6.07) is 0. The first-order valence-electron chi connectivity index (χ1n) is 7.35. The summed E-state index contributed by atoms with van der Waals surface area (Å²) in [6.45, 7) is 4.95. The number of rotatable bonds is 6. The van der Waals surface area contributed by atoms with Crippen molar-refractivity contribution in [2.75, 3.05) is 19.7 Å². The fraction of sp³-hybridized carbons (Fsp3) is 1.00. The van der Waals surface area contributed by atoms with Gasteiger partial charge in [-0.05, 0) is 38.1 Å². The van der Waals surface area contributed by atoms with Gasteiger partial charge in [-0.3, -0.25) is 0 Å². The van der Waals surface area contributed by atoms with Crippen LogP contribution in [0.1, 0.15) is 51.9 Å². The molecule has 3 N–H and O–H groups in total. The quantitative estimate of drug-likeness (QED) is 0.747. The van der Waals surface area contributed by atoms with Gasteiger partial charge in [-0.15, -0.1) is 0 Å². The molecule has 0 aromatic rings. The smallest absolute Gasteiger partial charge is 0.0590 e. The molecule has 1 saturated carbocycles. The molecule has 1 aliphatic heterocycles. The molecular weight excluding hydrogens is 212 g/mol. The highest BCUT2D eigenvalue weighted by Gasteiger charge is 2.34. The van der Waals surface area contributed by atoms with Gasteiger partial charge in [-0.1, -0.05) is 26.2 Å². The Balaban J connectivity index is 1.76. The first-order chi connectivity index (χ1) is 8.28. The lowest BCUT2D eigenvalue weighted by Gasteiger charge is -2.41. The Labute approximate surface area is 105 Å². The van der Waals surface area contributed by atoms with Crippen molar-refractivity contribution in [3.8, 4) is 0 Å². The minimum absolute atomic E-state index is 0.155. The number of ether oxygens (including phenoxy) is 1. The zero-order chi connectivity index (χ0) is 12.1. The van der Waals surface area contributed by atoms with E-state index in [1.54, 1.807) is 0 Å². The molecule has 2 unspecified atom stereocenters. The van der Waals surface area contributed by atoms with Gasteiger partial charge in [-0.2, -0.15) is 0 Å². The second-order valence-electron chi connectivity index (χ2n) is 5.85. The minimum atomic E-state index is 0.155. The Morgan fingerprint density at radius 3 is 2.82 bits per heavy atom. The number of nitrogens with two attached hydrogens (primary N) is 1. The highest BCUT2D eigenvalue weighted by atomic mass is 16.5. The molecule has 3 nitrogen and oxygen atoms in total. The molecule has 0 bridgehead atoms. The summed E-state index contributed by atoms with van der Waals surface area (Å²) in [6.07, 6.45) is 9.33. The summed E-state index contributed by atoms with van der Waals surface area (Å²) >= 11 is 0. The van der Waals surface area contributed by atoms with Crippen LogP contribution < -0.4 is 11.1 Å². The molecule has 0 aromatic carbocycles. The summed E-state index contributed by atoms with van der Waals surface area (Å²) in [5.74, 6) is 0.985. The second kappa shape index (κ2) is 6.17. The maximum absolute atomic E-state index is 6.00. The van der Waals surface area contributed by atoms with E-state index in [0.29, 0.717) is 6.10 Å². The first-order valence-corrected chi connectivity index (χ1v) is 7.35. The van der Waals surface area contributed by atoms with Crippen LogP contribution in [-0.2, 0) is 4.74 Å². The van der Waals surface area contributed by atoms with Crippen LogP contribution in [0, 0.1) is 5.92 Å². The van der Waals surface area contributed by atoms with Gasteiger partial charge in [0.1, 0.15) is 0 Å². The molecule has 1 heterocycles. The zero-order valence-corrected chi connectivity index (χ0v) is 11.2. The molecule has 1 saturated heterocycles. The Kier molecular flexibility index (Phi) is 4.83. The molecule has 0 amide bonds. The highest BCUT2D eigenvalue weighted by Crippen LogP contribution is 2.30. The molecule has 2 rings (SSSR count). The summed E-state index contributed by atoms with van der Waals surface area (Å²) in [5, 5.41) is 3.74. The van der Waals surface area contributed by atoms with Gasteiger partial charge in [0, 0.05) is 18.7 Å². The van der Waals surface area contributed by atoms with Crippen LogP contribution in [-0.4, -0.2) is 31.3 Å². The number of nitrogens with one attached hydrogen (secondary N) is 1. The lowest BCUT2D eigenvalue weighted by Crippen LogP contribution is -2.56. The normalized spacial score (nSPS) is 34.6. The van der Waals surface area contributed by atoms with Crippen LogP contribution in [0.5, 0.6) is 0 Å². The summed E-state index contributed by atoms with van der Waals surface area (Å²) < 4.78 is 5.75. The second-order valence-corrected chi connectivity index (χ2v) is 5.85. The van der Waals surface area contributed by atoms with Gasteiger partial charge in [0.2, 0.25) is 0 Å². The van der Waals surface area contributed by atoms with Crippen LogP contribution in [0.2, 0.25) is 0 Å². The maximum atomic E-state index is 6.00. The van der Waals surface area contributed by atoms with Crippen molar-refractivity contribution < 1.29 is 4.74 Å². The highest BCUT2D eigenvalue weighted by molar-refractivity contribution is 4.94. The number of hydrogen-bond acceptors (Lipinski definition) is 3. The molecule has 1 aliphatic carbocycles.